The molecule has 1 heterocycles. The summed E-state index contributed by atoms with van der Waals surface area (Å²) in [5.74, 6) is 1.56. The summed E-state index contributed by atoms with van der Waals surface area (Å²) in [6.45, 7) is 6.97. The summed E-state index contributed by atoms with van der Waals surface area (Å²) < 4.78 is 4.98. The Balaban J connectivity index is 2.29. The molecule has 0 atom stereocenters. The average molecular weight is 255 g/mol. The van der Waals surface area contributed by atoms with Gasteiger partial charge in [-0.1, -0.05) is 25.6 Å². The lowest BCUT2D eigenvalue weighted by atomic mass is 10.2. The Morgan fingerprint density at radius 3 is 2.65 bits per heavy atom. The average Bonchev–Trinajstić information content (AvgIpc) is 2.31. The molecule has 0 aliphatic carbocycles. The van der Waals surface area contributed by atoms with Gasteiger partial charge >= 0.3 is 0 Å². The molecule has 0 aliphatic heterocycles. The molecular weight excluding hydrogens is 234 g/mol. The van der Waals surface area contributed by atoms with Gasteiger partial charge in [0, 0.05) is 37.4 Å². The summed E-state index contributed by atoms with van der Waals surface area (Å²) in [6, 6.07) is 0. The van der Waals surface area contributed by atoms with E-state index in [0.717, 1.165) is 36.2 Å². The predicted octanol–water partition coefficient (Wildman–Crippen LogP) is 1.96. The minimum atomic E-state index is 0.666. The van der Waals surface area contributed by atoms with Crippen LogP contribution in [0, 0.1) is 5.92 Å². The van der Waals surface area contributed by atoms with Crippen molar-refractivity contribution in [2.24, 2.45) is 5.92 Å². The van der Waals surface area contributed by atoms with E-state index in [1.54, 1.807) is 18.9 Å². The van der Waals surface area contributed by atoms with E-state index in [2.05, 4.69) is 29.1 Å². The zero-order valence-corrected chi connectivity index (χ0v) is 11.6. The second-order valence-electron chi connectivity index (χ2n) is 4.24. The van der Waals surface area contributed by atoms with Gasteiger partial charge in [0.2, 0.25) is 0 Å². The van der Waals surface area contributed by atoms with Crippen LogP contribution in [0.3, 0.4) is 0 Å². The van der Waals surface area contributed by atoms with Gasteiger partial charge in [-0.15, -0.1) is 0 Å². The quantitative estimate of drug-likeness (QED) is 0.437. The lowest BCUT2D eigenvalue weighted by molar-refractivity contribution is 0.218. The van der Waals surface area contributed by atoms with Crippen LogP contribution in [0.1, 0.15) is 19.4 Å². The summed E-state index contributed by atoms with van der Waals surface area (Å²) >= 11 is 1.61. The Bertz CT molecular complexity index is 303. The van der Waals surface area contributed by atoms with Crippen molar-refractivity contribution < 1.29 is 4.74 Å². The molecule has 1 aromatic heterocycles. The molecule has 0 amide bonds. The van der Waals surface area contributed by atoms with Crippen LogP contribution in [0.2, 0.25) is 0 Å². The molecular formula is C12H21N3OS. The molecule has 0 bridgehead atoms. The van der Waals surface area contributed by atoms with E-state index in [0.29, 0.717) is 5.92 Å². The molecule has 4 nitrogen and oxygen atoms in total. The maximum Gasteiger partial charge on any atom is 0.187 e. The van der Waals surface area contributed by atoms with Crippen LogP contribution in [0.15, 0.2) is 17.6 Å². The number of thioether (sulfide) groups is 1. The number of rotatable bonds is 8. The third kappa shape index (κ3) is 6.61. The highest BCUT2D eigenvalue weighted by Gasteiger charge is 1.99. The van der Waals surface area contributed by atoms with Crippen molar-refractivity contribution in [1.82, 2.24) is 15.3 Å². The first kappa shape index (κ1) is 14.4. The Kier molecular flexibility index (Phi) is 7.16. The predicted molar refractivity (Wildman–Crippen MR) is 71.2 cm³/mol. The number of hydrogen-bond acceptors (Lipinski definition) is 5. The van der Waals surface area contributed by atoms with E-state index >= 15 is 0 Å². The molecule has 5 heteroatoms. The first-order valence-corrected chi connectivity index (χ1v) is 6.84. The minimum Gasteiger partial charge on any atom is -0.384 e. The van der Waals surface area contributed by atoms with E-state index in [9.17, 15) is 0 Å². The van der Waals surface area contributed by atoms with Gasteiger partial charge in [0.15, 0.2) is 5.16 Å². The lowest BCUT2D eigenvalue weighted by Gasteiger charge is -2.07. The fraction of sp³-hybridized carbons (Fsp3) is 0.667. The van der Waals surface area contributed by atoms with Gasteiger partial charge in [-0.2, -0.15) is 0 Å². The topological polar surface area (TPSA) is 47.0 Å². The molecule has 1 N–H and O–H groups in total. The number of ether oxygens (including phenoxy) is 1. The van der Waals surface area contributed by atoms with Gasteiger partial charge in [-0.05, 0) is 12.5 Å². The highest BCUT2D eigenvalue weighted by Crippen LogP contribution is 2.11. The molecule has 0 saturated carbocycles. The molecule has 17 heavy (non-hydrogen) atoms. The van der Waals surface area contributed by atoms with Crippen molar-refractivity contribution in [3.8, 4) is 0 Å². The van der Waals surface area contributed by atoms with E-state index in [1.807, 2.05) is 12.4 Å². The molecule has 1 rings (SSSR count). The zero-order chi connectivity index (χ0) is 12.5. The molecule has 1 aromatic rings. The maximum absolute atomic E-state index is 4.98. The standard InChI is InChI=1S/C12H21N3OS/c1-10(2)6-13-7-11-8-14-12(15-9-11)17-5-4-16-3/h8-10,13H,4-7H2,1-3H3. The Hall–Kier alpha value is -0.650. The minimum absolute atomic E-state index is 0.666. The van der Waals surface area contributed by atoms with Gasteiger partial charge in [-0.3, -0.25) is 0 Å². The smallest absolute Gasteiger partial charge is 0.187 e. The fourth-order valence-corrected chi connectivity index (χ4v) is 1.92. The summed E-state index contributed by atoms with van der Waals surface area (Å²) in [6.07, 6.45) is 3.77. The maximum atomic E-state index is 4.98. The largest absolute Gasteiger partial charge is 0.384 e. The number of methoxy groups -OCH3 is 1. The Labute approximate surface area is 108 Å². The SMILES string of the molecule is COCCSc1ncc(CNCC(C)C)cn1. The van der Waals surface area contributed by atoms with Crippen LogP contribution in [0.5, 0.6) is 0 Å². The van der Waals surface area contributed by atoms with Gasteiger partial charge in [0.05, 0.1) is 6.61 Å². The van der Waals surface area contributed by atoms with Gasteiger partial charge in [-0.25, -0.2) is 9.97 Å². The fourth-order valence-electron chi connectivity index (χ4n) is 1.23. The van der Waals surface area contributed by atoms with Crippen LogP contribution in [0.4, 0.5) is 0 Å². The first-order chi connectivity index (χ1) is 8.22. The van der Waals surface area contributed by atoms with Crippen LogP contribution < -0.4 is 5.32 Å². The third-order valence-corrected chi connectivity index (χ3v) is 2.92. The monoisotopic (exact) mass is 255 g/mol. The van der Waals surface area contributed by atoms with Crippen molar-refractivity contribution in [3.63, 3.8) is 0 Å². The van der Waals surface area contributed by atoms with Crippen LogP contribution in [-0.4, -0.2) is 36.0 Å². The highest BCUT2D eigenvalue weighted by molar-refractivity contribution is 7.99. The normalized spacial score (nSPS) is 11.1. The molecule has 0 fully saturated rings. The molecule has 0 spiro atoms. The summed E-state index contributed by atoms with van der Waals surface area (Å²) in [5.41, 5.74) is 1.13. The van der Waals surface area contributed by atoms with Gasteiger partial charge in [0.25, 0.3) is 0 Å². The van der Waals surface area contributed by atoms with E-state index in [1.165, 1.54) is 0 Å². The molecule has 0 aromatic carbocycles. The molecule has 0 unspecified atom stereocenters. The van der Waals surface area contributed by atoms with Gasteiger partial charge in [0.1, 0.15) is 0 Å². The Morgan fingerprint density at radius 1 is 1.35 bits per heavy atom. The third-order valence-electron chi connectivity index (χ3n) is 2.08. The number of hydrogen-bond donors (Lipinski definition) is 1. The molecule has 0 saturated heterocycles. The van der Waals surface area contributed by atoms with E-state index in [4.69, 9.17) is 4.74 Å². The molecule has 0 aliphatic rings. The molecule has 96 valence electrons. The van der Waals surface area contributed by atoms with Crippen molar-refractivity contribution in [2.75, 3.05) is 26.0 Å². The number of nitrogens with one attached hydrogen (secondary N) is 1. The Morgan fingerprint density at radius 2 is 2.06 bits per heavy atom. The summed E-state index contributed by atoms with van der Waals surface area (Å²) in [7, 11) is 1.70. The van der Waals surface area contributed by atoms with E-state index < -0.39 is 0 Å². The first-order valence-electron chi connectivity index (χ1n) is 5.85. The lowest BCUT2D eigenvalue weighted by Crippen LogP contribution is -2.19. The van der Waals surface area contributed by atoms with Crippen molar-refractivity contribution in [1.29, 1.82) is 0 Å². The second kappa shape index (κ2) is 8.44. The number of nitrogens with zero attached hydrogens (tertiary/aromatic N) is 2. The summed E-state index contributed by atoms with van der Waals surface area (Å²) in [4.78, 5) is 8.61. The number of aromatic nitrogens is 2. The van der Waals surface area contributed by atoms with Crippen molar-refractivity contribution in [3.05, 3.63) is 18.0 Å². The van der Waals surface area contributed by atoms with Crippen molar-refractivity contribution >= 4 is 11.8 Å². The van der Waals surface area contributed by atoms with Gasteiger partial charge < -0.3 is 10.1 Å². The second-order valence-corrected chi connectivity index (χ2v) is 5.30. The van der Waals surface area contributed by atoms with Crippen LogP contribution >= 0.6 is 11.8 Å². The van der Waals surface area contributed by atoms with Crippen molar-refractivity contribution in [2.45, 2.75) is 25.5 Å². The van der Waals surface area contributed by atoms with Crippen LogP contribution in [0.25, 0.3) is 0 Å². The highest BCUT2D eigenvalue weighted by atomic mass is 32.2. The summed E-state index contributed by atoms with van der Waals surface area (Å²) in [5, 5.41) is 4.18. The van der Waals surface area contributed by atoms with Crippen LogP contribution in [-0.2, 0) is 11.3 Å². The van der Waals surface area contributed by atoms with E-state index in [-0.39, 0.29) is 0 Å². The molecule has 0 radical (unpaired) electrons. The zero-order valence-electron chi connectivity index (χ0n) is 10.8.